The minimum Gasteiger partial charge on any atom is -0.347 e. The number of sulfone groups is 1. The summed E-state index contributed by atoms with van der Waals surface area (Å²) in [7, 11) is -3.43. The van der Waals surface area contributed by atoms with Crippen molar-refractivity contribution < 1.29 is 31.5 Å². The van der Waals surface area contributed by atoms with Crippen LogP contribution in [0.4, 0.5) is 14.6 Å². The van der Waals surface area contributed by atoms with Gasteiger partial charge in [0, 0.05) is 11.8 Å². The molecule has 2 aliphatic rings. The van der Waals surface area contributed by atoms with Gasteiger partial charge >= 0.3 is 0 Å². The summed E-state index contributed by atoms with van der Waals surface area (Å²) in [5.74, 6) is -1.58. The highest BCUT2D eigenvalue weighted by molar-refractivity contribution is 7.90. The maximum Gasteiger partial charge on any atom is 0.257 e. The van der Waals surface area contributed by atoms with Crippen LogP contribution in [0.25, 0.3) is 5.57 Å². The Morgan fingerprint density at radius 1 is 1.11 bits per heavy atom. The first-order valence-electron chi connectivity index (χ1n) is 11.2. The van der Waals surface area contributed by atoms with Crippen molar-refractivity contribution >= 4 is 27.1 Å². The Morgan fingerprint density at radius 3 is 2.29 bits per heavy atom. The minimum atomic E-state index is -3.43. The van der Waals surface area contributed by atoms with Crippen LogP contribution in [-0.2, 0) is 24.1 Å². The summed E-state index contributed by atoms with van der Waals surface area (Å²) >= 11 is 0. The second kappa shape index (κ2) is 9.71. The molecule has 1 aromatic carbocycles. The van der Waals surface area contributed by atoms with Crippen molar-refractivity contribution in [2.45, 2.75) is 55.8 Å². The summed E-state index contributed by atoms with van der Waals surface area (Å²) in [4.78, 5) is 21.8. The Balaban J connectivity index is 1.55. The molecular weight excluding hydrogens is 480 g/mol. The SMILES string of the molecule is CC1(C)OC[C@H](c2cnc(NC(=O)/C(=C/C3C[C@@H](F)[C@@H](F)C3)c3ccc(S(C)(=O)=O)cc3)cn2)O1. The lowest BCUT2D eigenvalue weighted by Crippen LogP contribution is -2.20. The summed E-state index contributed by atoms with van der Waals surface area (Å²) in [6.07, 6.45) is 1.86. The number of amides is 1. The van der Waals surface area contributed by atoms with Crippen LogP contribution >= 0.6 is 0 Å². The van der Waals surface area contributed by atoms with Gasteiger partial charge in [-0.05, 0) is 50.3 Å². The van der Waals surface area contributed by atoms with Crippen molar-refractivity contribution in [2.24, 2.45) is 5.92 Å². The smallest absolute Gasteiger partial charge is 0.257 e. The van der Waals surface area contributed by atoms with E-state index < -0.39 is 39.8 Å². The number of alkyl halides is 2. The van der Waals surface area contributed by atoms with Crippen molar-refractivity contribution in [3.63, 3.8) is 0 Å². The first-order chi connectivity index (χ1) is 16.4. The highest BCUT2D eigenvalue weighted by Crippen LogP contribution is 2.34. The third-order valence-electron chi connectivity index (χ3n) is 5.94. The number of hydrogen-bond acceptors (Lipinski definition) is 7. The minimum absolute atomic E-state index is 0.0340. The van der Waals surface area contributed by atoms with E-state index in [1.807, 2.05) is 0 Å². The van der Waals surface area contributed by atoms with E-state index in [1.165, 1.54) is 42.7 Å². The fourth-order valence-electron chi connectivity index (χ4n) is 4.11. The lowest BCUT2D eigenvalue weighted by atomic mass is 9.98. The van der Waals surface area contributed by atoms with E-state index in [1.54, 1.807) is 13.8 Å². The number of nitrogens with one attached hydrogen (secondary N) is 1. The van der Waals surface area contributed by atoms with Gasteiger partial charge in [0.05, 0.1) is 29.6 Å². The third kappa shape index (κ3) is 6.09. The standard InChI is InChI=1S/C24H27F2N3O5S/c1-24(2)33-13-21(34-24)20-11-28-22(12-27-20)29-23(30)17(8-14-9-18(25)19(26)10-14)15-4-6-16(7-5-15)35(3,31)32/h4-8,11-12,14,18-19,21H,9-10,13H2,1-3H3,(H,28,29,30)/b17-8+/t14?,18-,19+,21-/m1/s1. The molecule has 2 aromatic rings. The molecule has 2 heterocycles. The third-order valence-corrected chi connectivity index (χ3v) is 7.07. The molecule has 1 aliphatic carbocycles. The summed E-state index contributed by atoms with van der Waals surface area (Å²) in [6, 6.07) is 5.75. The fraction of sp³-hybridized carbons (Fsp3) is 0.458. The fourth-order valence-corrected chi connectivity index (χ4v) is 4.74. The molecule has 1 saturated carbocycles. The van der Waals surface area contributed by atoms with Gasteiger partial charge in [0.2, 0.25) is 0 Å². The van der Waals surface area contributed by atoms with Crippen LogP contribution in [0.2, 0.25) is 0 Å². The molecule has 8 nitrogen and oxygen atoms in total. The number of benzene rings is 1. The number of hydrogen-bond donors (Lipinski definition) is 1. The summed E-state index contributed by atoms with van der Waals surface area (Å²) < 4.78 is 62.4. The molecule has 1 saturated heterocycles. The zero-order valence-electron chi connectivity index (χ0n) is 19.6. The number of aromatic nitrogens is 2. The van der Waals surface area contributed by atoms with Crippen LogP contribution in [-0.4, -0.2) is 55.3 Å². The van der Waals surface area contributed by atoms with Gasteiger partial charge in [0.25, 0.3) is 5.91 Å². The van der Waals surface area contributed by atoms with Gasteiger partial charge < -0.3 is 14.8 Å². The molecule has 0 spiro atoms. The summed E-state index contributed by atoms with van der Waals surface area (Å²) in [6.45, 7) is 3.92. The molecule has 2 fully saturated rings. The number of carbonyl (C=O) groups excluding carboxylic acids is 1. The van der Waals surface area contributed by atoms with Gasteiger partial charge in [-0.25, -0.2) is 22.2 Å². The van der Waals surface area contributed by atoms with E-state index in [-0.39, 0.29) is 35.2 Å². The summed E-state index contributed by atoms with van der Waals surface area (Å²) in [5, 5.41) is 2.66. The number of nitrogens with zero attached hydrogens (tertiary/aromatic N) is 2. The molecule has 0 radical (unpaired) electrons. The monoisotopic (exact) mass is 507 g/mol. The highest BCUT2D eigenvalue weighted by Gasteiger charge is 2.35. The molecule has 188 valence electrons. The molecule has 0 bridgehead atoms. The number of halogens is 2. The Kier molecular flexibility index (Phi) is 7.03. The van der Waals surface area contributed by atoms with E-state index in [0.717, 1.165) is 6.26 Å². The molecule has 1 unspecified atom stereocenters. The van der Waals surface area contributed by atoms with E-state index in [9.17, 15) is 22.0 Å². The quantitative estimate of drug-likeness (QED) is 0.593. The molecule has 1 aliphatic heterocycles. The Bertz CT molecular complexity index is 1210. The normalized spacial score (nSPS) is 26.6. The topological polar surface area (TPSA) is 107 Å². The molecule has 35 heavy (non-hydrogen) atoms. The second-order valence-corrected chi connectivity index (χ2v) is 11.3. The van der Waals surface area contributed by atoms with Gasteiger partial charge in [-0.15, -0.1) is 0 Å². The largest absolute Gasteiger partial charge is 0.347 e. The molecule has 4 rings (SSSR count). The lowest BCUT2D eigenvalue weighted by Gasteiger charge is -2.16. The lowest BCUT2D eigenvalue weighted by molar-refractivity contribution is -0.139. The number of ether oxygens (including phenoxy) is 2. The average Bonchev–Trinajstić information content (AvgIpc) is 3.32. The van der Waals surface area contributed by atoms with E-state index >= 15 is 0 Å². The number of anilines is 1. The Hall–Kier alpha value is -2.76. The zero-order chi connectivity index (χ0) is 25.4. The van der Waals surface area contributed by atoms with Crippen molar-refractivity contribution in [3.8, 4) is 0 Å². The van der Waals surface area contributed by atoms with Crippen LogP contribution in [0.15, 0.2) is 47.6 Å². The Morgan fingerprint density at radius 2 is 1.77 bits per heavy atom. The number of rotatable bonds is 6. The number of allylic oxidation sites excluding steroid dienone is 1. The van der Waals surface area contributed by atoms with Crippen molar-refractivity contribution in [3.05, 3.63) is 54.0 Å². The van der Waals surface area contributed by atoms with Gasteiger partial charge in [-0.1, -0.05) is 18.2 Å². The Labute approximate surface area is 202 Å². The van der Waals surface area contributed by atoms with E-state index in [0.29, 0.717) is 17.9 Å². The molecule has 1 aromatic heterocycles. The van der Waals surface area contributed by atoms with E-state index in [4.69, 9.17) is 9.47 Å². The van der Waals surface area contributed by atoms with Crippen LogP contribution in [0, 0.1) is 5.92 Å². The maximum absolute atomic E-state index is 13.8. The second-order valence-electron chi connectivity index (χ2n) is 9.24. The first kappa shape index (κ1) is 25.3. The van der Waals surface area contributed by atoms with Crippen molar-refractivity contribution in [1.82, 2.24) is 9.97 Å². The van der Waals surface area contributed by atoms with Crippen LogP contribution in [0.1, 0.15) is 44.1 Å². The van der Waals surface area contributed by atoms with Crippen molar-refractivity contribution in [2.75, 3.05) is 18.2 Å². The first-order valence-corrected chi connectivity index (χ1v) is 13.1. The zero-order valence-corrected chi connectivity index (χ0v) is 20.4. The molecule has 11 heteroatoms. The van der Waals surface area contributed by atoms with Crippen LogP contribution < -0.4 is 5.32 Å². The van der Waals surface area contributed by atoms with E-state index in [2.05, 4.69) is 15.3 Å². The predicted octanol–water partition coefficient (Wildman–Crippen LogP) is 3.81. The van der Waals surface area contributed by atoms with Gasteiger partial charge in [-0.2, -0.15) is 0 Å². The summed E-state index contributed by atoms with van der Waals surface area (Å²) in [5.41, 5.74) is 1.13. The number of carbonyl (C=O) groups is 1. The van der Waals surface area contributed by atoms with Gasteiger partial charge in [0.15, 0.2) is 21.4 Å². The molecule has 4 atom stereocenters. The average molecular weight is 508 g/mol. The van der Waals surface area contributed by atoms with Gasteiger partial charge in [-0.3, -0.25) is 9.78 Å². The van der Waals surface area contributed by atoms with Crippen LogP contribution in [0.5, 0.6) is 0 Å². The highest BCUT2D eigenvalue weighted by atomic mass is 32.2. The molecule has 1 N–H and O–H groups in total. The maximum atomic E-state index is 13.8. The van der Waals surface area contributed by atoms with Crippen LogP contribution in [0.3, 0.4) is 0 Å². The predicted molar refractivity (Wildman–Crippen MR) is 125 cm³/mol. The molecular formula is C24H27F2N3O5S. The van der Waals surface area contributed by atoms with Crippen molar-refractivity contribution in [1.29, 1.82) is 0 Å². The van der Waals surface area contributed by atoms with Gasteiger partial charge in [0.1, 0.15) is 18.4 Å². The molecule has 1 amide bonds.